The second kappa shape index (κ2) is 7.55. The molecule has 26 heavy (non-hydrogen) atoms. The molecule has 0 spiro atoms. The van der Waals surface area contributed by atoms with E-state index in [2.05, 4.69) is 10.6 Å². The molecule has 1 aliphatic rings. The Morgan fingerprint density at radius 1 is 1.00 bits per heavy atom. The van der Waals surface area contributed by atoms with Crippen LogP contribution in [0, 0.1) is 0 Å². The number of amides is 2. The maximum absolute atomic E-state index is 12.5. The molecule has 0 fully saturated rings. The van der Waals surface area contributed by atoms with E-state index in [4.69, 9.17) is 9.47 Å². The van der Waals surface area contributed by atoms with E-state index in [9.17, 15) is 18.0 Å². The number of hydrogen-bond donors (Lipinski definition) is 2. The fraction of sp³-hybridized carbons (Fsp3) is 0.278. The van der Waals surface area contributed by atoms with Gasteiger partial charge in [0.05, 0.1) is 5.56 Å². The number of anilines is 1. The van der Waals surface area contributed by atoms with E-state index in [1.165, 1.54) is 12.1 Å². The number of carbonyl (C=O) groups is 1. The lowest BCUT2D eigenvalue weighted by molar-refractivity contribution is -0.137. The summed E-state index contributed by atoms with van der Waals surface area (Å²) in [6.07, 6.45) is -3.82. The van der Waals surface area contributed by atoms with Crippen molar-refractivity contribution in [2.45, 2.75) is 12.6 Å². The zero-order chi connectivity index (χ0) is 18.6. The van der Waals surface area contributed by atoms with Crippen LogP contribution >= 0.6 is 0 Å². The van der Waals surface area contributed by atoms with Crippen LogP contribution in [0.25, 0.3) is 0 Å². The topological polar surface area (TPSA) is 59.6 Å². The quantitative estimate of drug-likeness (QED) is 0.864. The minimum Gasteiger partial charge on any atom is -0.486 e. The van der Waals surface area contributed by atoms with Gasteiger partial charge in [-0.15, -0.1) is 0 Å². The number of hydrogen-bond acceptors (Lipinski definition) is 3. The number of urea groups is 1. The molecule has 5 nitrogen and oxygen atoms in total. The number of benzene rings is 2. The van der Waals surface area contributed by atoms with E-state index in [1.54, 1.807) is 0 Å². The van der Waals surface area contributed by atoms with E-state index < -0.39 is 17.8 Å². The van der Waals surface area contributed by atoms with Gasteiger partial charge in [0.2, 0.25) is 0 Å². The first-order chi connectivity index (χ1) is 12.4. The van der Waals surface area contributed by atoms with Crippen molar-refractivity contribution in [3.8, 4) is 11.5 Å². The number of nitrogens with one attached hydrogen (secondary N) is 2. The monoisotopic (exact) mass is 366 g/mol. The third-order valence-corrected chi connectivity index (χ3v) is 3.78. The Balaban J connectivity index is 1.47. The number of alkyl halides is 3. The molecule has 0 saturated carbocycles. The van der Waals surface area contributed by atoms with Gasteiger partial charge in [-0.2, -0.15) is 13.2 Å². The zero-order valence-electron chi connectivity index (χ0n) is 13.7. The van der Waals surface area contributed by atoms with Crippen LogP contribution in [0.5, 0.6) is 11.5 Å². The van der Waals surface area contributed by atoms with Gasteiger partial charge in [0, 0.05) is 12.2 Å². The van der Waals surface area contributed by atoms with Crippen LogP contribution in [-0.4, -0.2) is 25.8 Å². The SMILES string of the molecule is O=C(NCCc1ccc2c(c1)OCCO2)Nc1ccc(C(F)(F)F)cc1. The van der Waals surface area contributed by atoms with Gasteiger partial charge < -0.3 is 20.1 Å². The highest BCUT2D eigenvalue weighted by Crippen LogP contribution is 2.31. The molecular weight excluding hydrogens is 349 g/mol. The van der Waals surface area contributed by atoms with Gasteiger partial charge in [-0.05, 0) is 48.4 Å². The van der Waals surface area contributed by atoms with Gasteiger partial charge in [0.1, 0.15) is 13.2 Å². The summed E-state index contributed by atoms with van der Waals surface area (Å²) in [4.78, 5) is 11.8. The molecule has 2 aromatic rings. The van der Waals surface area contributed by atoms with Crippen molar-refractivity contribution in [2.75, 3.05) is 25.1 Å². The molecule has 8 heteroatoms. The number of fused-ring (bicyclic) bond motifs is 1. The standard InChI is InChI=1S/C18H17F3N2O3/c19-18(20,21)13-2-4-14(5-3-13)23-17(24)22-8-7-12-1-6-15-16(11-12)26-10-9-25-15/h1-6,11H,7-10H2,(H2,22,23,24). The molecule has 0 radical (unpaired) electrons. The zero-order valence-corrected chi connectivity index (χ0v) is 13.7. The van der Waals surface area contributed by atoms with E-state index in [0.29, 0.717) is 37.7 Å². The lowest BCUT2D eigenvalue weighted by Gasteiger charge is -2.18. The molecule has 1 aliphatic heterocycles. The van der Waals surface area contributed by atoms with Crippen molar-refractivity contribution in [3.05, 3.63) is 53.6 Å². The predicted octanol–water partition coefficient (Wildman–Crippen LogP) is 3.84. The first-order valence-corrected chi connectivity index (χ1v) is 8.02. The van der Waals surface area contributed by atoms with Crippen molar-refractivity contribution in [1.29, 1.82) is 0 Å². The van der Waals surface area contributed by atoms with E-state index in [1.807, 2.05) is 18.2 Å². The normalized spacial score (nSPS) is 13.2. The van der Waals surface area contributed by atoms with E-state index in [-0.39, 0.29) is 5.69 Å². The van der Waals surface area contributed by atoms with Crippen LogP contribution in [0.3, 0.4) is 0 Å². The first-order valence-electron chi connectivity index (χ1n) is 8.02. The molecule has 0 bridgehead atoms. The summed E-state index contributed by atoms with van der Waals surface area (Å²) in [7, 11) is 0. The highest BCUT2D eigenvalue weighted by molar-refractivity contribution is 5.89. The highest BCUT2D eigenvalue weighted by atomic mass is 19.4. The summed E-state index contributed by atoms with van der Waals surface area (Å²) in [6.45, 7) is 1.40. The molecule has 138 valence electrons. The number of ether oxygens (including phenoxy) is 2. The minimum absolute atomic E-state index is 0.287. The molecule has 1 heterocycles. The second-order valence-corrected chi connectivity index (χ2v) is 5.68. The summed E-state index contributed by atoms with van der Waals surface area (Å²) in [5, 5.41) is 5.15. The molecule has 2 aromatic carbocycles. The van der Waals surface area contributed by atoms with Crippen molar-refractivity contribution in [1.82, 2.24) is 5.32 Å². The molecule has 0 atom stereocenters. The Morgan fingerprint density at radius 2 is 1.69 bits per heavy atom. The van der Waals surface area contributed by atoms with Gasteiger partial charge >= 0.3 is 12.2 Å². The second-order valence-electron chi connectivity index (χ2n) is 5.68. The summed E-state index contributed by atoms with van der Waals surface area (Å²) in [6, 6.07) is 9.36. The maximum atomic E-state index is 12.5. The van der Waals surface area contributed by atoms with Gasteiger partial charge in [-0.3, -0.25) is 0 Å². The van der Waals surface area contributed by atoms with E-state index >= 15 is 0 Å². The fourth-order valence-corrected chi connectivity index (χ4v) is 2.48. The molecule has 0 saturated heterocycles. The molecule has 0 aromatic heterocycles. The lowest BCUT2D eigenvalue weighted by atomic mass is 10.1. The Hall–Kier alpha value is -2.90. The van der Waals surface area contributed by atoms with Crippen LogP contribution < -0.4 is 20.1 Å². The summed E-state index contributed by atoms with van der Waals surface area (Å²) in [5.41, 5.74) is 0.501. The van der Waals surface area contributed by atoms with Crippen LogP contribution in [0.2, 0.25) is 0 Å². The summed E-state index contributed by atoms with van der Waals surface area (Å²) in [5.74, 6) is 1.39. The van der Waals surface area contributed by atoms with Crippen LogP contribution in [0.15, 0.2) is 42.5 Å². The largest absolute Gasteiger partial charge is 0.486 e. The Kier molecular flexibility index (Phi) is 5.20. The Bertz CT molecular complexity index is 776. The number of halogens is 3. The van der Waals surface area contributed by atoms with Crippen molar-refractivity contribution < 1.29 is 27.4 Å². The van der Waals surface area contributed by atoms with Crippen molar-refractivity contribution in [3.63, 3.8) is 0 Å². The maximum Gasteiger partial charge on any atom is 0.416 e. The lowest BCUT2D eigenvalue weighted by Crippen LogP contribution is -2.30. The fourth-order valence-electron chi connectivity index (χ4n) is 2.48. The van der Waals surface area contributed by atoms with Crippen molar-refractivity contribution in [2.24, 2.45) is 0 Å². The number of carbonyl (C=O) groups excluding carboxylic acids is 1. The van der Waals surface area contributed by atoms with E-state index in [0.717, 1.165) is 17.7 Å². The van der Waals surface area contributed by atoms with Gasteiger partial charge in [0.25, 0.3) is 0 Å². The highest BCUT2D eigenvalue weighted by Gasteiger charge is 2.29. The Labute approximate surface area is 148 Å². The number of rotatable bonds is 4. The van der Waals surface area contributed by atoms with Crippen LogP contribution in [0.1, 0.15) is 11.1 Å². The van der Waals surface area contributed by atoms with Crippen LogP contribution in [0.4, 0.5) is 23.7 Å². The third-order valence-electron chi connectivity index (χ3n) is 3.78. The van der Waals surface area contributed by atoms with Crippen molar-refractivity contribution >= 4 is 11.7 Å². The minimum atomic E-state index is -4.40. The van der Waals surface area contributed by atoms with Crippen LogP contribution in [-0.2, 0) is 12.6 Å². The van der Waals surface area contributed by atoms with Gasteiger partial charge in [0.15, 0.2) is 11.5 Å². The molecular formula is C18H17F3N2O3. The molecule has 0 unspecified atom stereocenters. The Morgan fingerprint density at radius 3 is 2.38 bits per heavy atom. The molecule has 3 rings (SSSR count). The smallest absolute Gasteiger partial charge is 0.416 e. The first kappa shape index (κ1) is 17.9. The molecule has 2 amide bonds. The predicted molar refractivity (Wildman–Crippen MR) is 89.6 cm³/mol. The average Bonchev–Trinajstić information content (AvgIpc) is 2.61. The van der Waals surface area contributed by atoms with Gasteiger partial charge in [-0.1, -0.05) is 6.07 Å². The molecule has 0 aliphatic carbocycles. The molecule has 2 N–H and O–H groups in total. The average molecular weight is 366 g/mol. The summed E-state index contributed by atoms with van der Waals surface area (Å²) < 4.78 is 48.4. The van der Waals surface area contributed by atoms with Gasteiger partial charge in [-0.25, -0.2) is 4.79 Å². The third kappa shape index (κ3) is 4.59. The summed E-state index contributed by atoms with van der Waals surface area (Å²) >= 11 is 0.